The molecule has 0 aliphatic rings. The Bertz CT molecular complexity index is 264. The quantitative estimate of drug-likeness (QED) is 0.687. The van der Waals surface area contributed by atoms with Gasteiger partial charge in [0.1, 0.15) is 0 Å². The van der Waals surface area contributed by atoms with Gasteiger partial charge in [-0.2, -0.15) is 0 Å². The molecule has 1 rings (SSSR count). The predicted octanol–water partition coefficient (Wildman–Crippen LogP) is 2.54. The molecule has 3 nitrogen and oxygen atoms in total. The predicted molar refractivity (Wildman–Crippen MR) is 66.8 cm³/mol. The van der Waals surface area contributed by atoms with Crippen molar-refractivity contribution in [2.75, 3.05) is 32.2 Å². The van der Waals surface area contributed by atoms with Crippen molar-refractivity contribution >= 4 is 5.69 Å². The minimum Gasteiger partial charge on any atom is -0.385 e. The Hall–Kier alpha value is -1.06. The van der Waals surface area contributed by atoms with E-state index >= 15 is 0 Å². The first-order chi connectivity index (χ1) is 7.83. The van der Waals surface area contributed by atoms with Crippen molar-refractivity contribution in [1.82, 2.24) is 0 Å². The van der Waals surface area contributed by atoms with E-state index in [0.29, 0.717) is 0 Å². The second-order valence-electron chi connectivity index (χ2n) is 3.77. The Kier molecular flexibility index (Phi) is 6.61. The summed E-state index contributed by atoms with van der Waals surface area (Å²) in [6.07, 6.45) is 1.17. The maximum atomic E-state index is 5.62. The summed E-state index contributed by atoms with van der Waals surface area (Å²) in [6.45, 7) is 4.42. The van der Waals surface area contributed by atoms with Gasteiger partial charge in [0.05, 0.1) is 6.10 Å². The first kappa shape index (κ1) is 13.0. The van der Waals surface area contributed by atoms with Gasteiger partial charge >= 0.3 is 0 Å². The molecule has 90 valence electrons. The van der Waals surface area contributed by atoms with Gasteiger partial charge in [-0.3, -0.25) is 0 Å². The molecule has 1 N–H and O–H groups in total. The van der Waals surface area contributed by atoms with Gasteiger partial charge in [-0.15, -0.1) is 0 Å². The fourth-order valence-corrected chi connectivity index (χ4v) is 1.36. The second kappa shape index (κ2) is 8.13. The number of ether oxygens (including phenoxy) is 2. The highest BCUT2D eigenvalue weighted by Gasteiger charge is 2.01. The van der Waals surface area contributed by atoms with Gasteiger partial charge in [0.15, 0.2) is 0 Å². The zero-order valence-electron chi connectivity index (χ0n) is 10.1. The highest BCUT2D eigenvalue weighted by molar-refractivity contribution is 5.42. The molecular weight excluding hydrogens is 202 g/mol. The summed E-state index contributed by atoms with van der Waals surface area (Å²) < 4.78 is 10.6. The van der Waals surface area contributed by atoms with Crippen molar-refractivity contribution in [2.24, 2.45) is 0 Å². The summed E-state index contributed by atoms with van der Waals surface area (Å²) in [7, 11) is 1.71. The summed E-state index contributed by atoms with van der Waals surface area (Å²) >= 11 is 0. The number of benzene rings is 1. The molecule has 0 saturated carbocycles. The van der Waals surface area contributed by atoms with Crippen LogP contribution in [0.5, 0.6) is 0 Å². The van der Waals surface area contributed by atoms with Crippen molar-refractivity contribution in [3.8, 4) is 0 Å². The van der Waals surface area contributed by atoms with Crippen LogP contribution < -0.4 is 5.32 Å². The van der Waals surface area contributed by atoms with Crippen LogP contribution in [0.3, 0.4) is 0 Å². The number of hydrogen-bond donors (Lipinski definition) is 1. The fourth-order valence-electron chi connectivity index (χ4n) is 1.36. The smallest absolute Gasteiger partial charge is 0.0719 e. The molecule has 1 aromatic carbocycles. The van der Waals surface area contributed by atoms with E-state index in [-0.39, 0.29) is 6.10 Å². The number of para-hydroxylation sites is 1. The maximum absolute atomic E-state index is 5.62. The lowest BCUT2D eigenvalue weighted by Gasteiger charge is -2.14. The van der Waals surface area contributed by atoms with Gasteiger partial charge in [-0.1, -0.05) is 18.2 Å². The Balaban J connectivity index is 2.08. The molecule has 0 saturated heterocycles. The van der Waals surface area contributed by atoms with Crippen LogP contribution in [-0.2, 0) is 9.47 Å². The van der Waals surface area contributed by atoms with Gasteiger partial charge in [0.25, 0.3) is 0 Å². The SMILES string of the molecule is COCCCOC(C)CNc1ccccc1. The third kappa shape index (κ3) is 5.73. The Morgan fingerprint density at radius 2 is 1.94 bits per heavy atom. The van der Waals surface area contributed by atoms with Crippen LogP contribution in [0.25, 0.3) is 0 Å². The largest absolute Gasteiger partial charge is 0.385 e. The molecule has 1 aromatic rings. The minimum absolute atomic E-state index is 0.220. The van der Waals surface area contributed by atoms with Crippen LogP contribution in [0.1, 0.15) is 13.3 Å². The fraction of sp³-hybridized carbons (Fsp3) is 0.538. The van der Waals surface area contributed by atoms with Crippen LogP contribution in [0.15, 0.2) is 30.3 Å². The maximum Gasteiger partial charge on any atom is 0.0719 e. The zero-order chi connectivity index (χ0) is 11.6. The Morgan fingerprint density at radius 1 is 1.19 bits per heavy atom. The highest BCUT2D eigenvalue weighted by atomic mass is 16.5. The lowest BCUT2D eigenvalue weighted by Crippen LogP contribution is -2.20. The van der Waals surface area contributed by atoms with E-state index < -0.39 is 0 Å². The number of nitrogens with one attached hydrogen (secondary N) is 1. The number of rotatable bonds is 8. The van der Waals surface area contributed by atoms with Gasteiger partial charge < -0.3 is 14.8 Å². The van der Waals surface area contributed by atoms with E-state index in [9.17, 15) is 0 Å². The van der Waals surface area contributed by atoms with E-state index in [0.717, 1.165) is 31.9 Å². The van der Waals surface area contributed by atoms with Crippen LogP contribution in [0.2, 0.25) is 0 Å². The van der Waals surface area contributed by atoms with Crippen molar-refractivity contribution < 1.29 is 9.47 Å². The molecule has 0 aliphatic heterocycles. The molecule has 0 aromatic heterocycles. The van der Waals surface area contributed by atoms with Gasteiger partial charge in [-0.05, 0) is 25.5 Å². The molecule has 0 aliphatic carbocycles. The molecule has 0 bridgehead atoms. The van der Waals surface area contributed by atoms with Crippen molar-refractivity contribution in [2.45, 2.75) is 19.4 Å². The minimum atomic E-state index is 0.220. The summed E-state index contributed by atoms with van der Waals surface area (Å²) in [5.41, 5.74) is 1.13. The van der Waals surface area contributed by atoms with E-state index in [1.54, 1.807) is 7.11 Å². The molecular formula is C13H21NO2. The third-order valence-electron chi connectivity index (χ3n) is 2.26. The zero-order valence-corrected chi connectivity index (χ0v) is 10.1. The summed E-state index contributed by atoms with van der Waals surface area (Å²) in [6, 6.07) is 10.2. The summed E-state index contributed by atoms with van der Waals surface area (Å²) in [5.74, 6) is 0. The van der Waals surface area contributed by atoms with Crippen LogP contribution in [-0.4, -0.2) is 33.0 Å². The third-order valence-corrected chi connectivity index (χ3v) is 2.26. The molecule has 0 fully saturated rings. The van der Waals surface area contributed by atoms with E-state index in [1.165, 1.54) is 0 Å². The monoisotopic (exact) mass is 223 g/mol. The summed E-state index contributed by atoms with van der Waals surface area (Å²) in [4.78, 5) is 0. The van der Waals surface area contributed by atoms with Crippen molar-refractivity contribution in [3.05, 3.63) is 30.3 Å². The molecule has 1 unspecified atom stereocenters. The Labute approximate surface area is 97.8 Å². The van der Waals surface area contributed by atoms with E-state index in [2.05, 4.69) is 24.4 Å². The van der Waals surface area contributed by atoms with Gasteiger partial charge in [0.2, 0.25) is 0 Å². The molecule has 0 heterocycles. The molecule has 0 spiro atoms. The second-order valence-corrected chi connectivity index (χ2v) is 3.77. The van der Waals surface area contributed by atoms with Crippen molar-refractivity contribution in [3.63, 3.8) is 0 Å². The molecule has 0 radical (unpaired) electrons. The number of hydrogen-bond acceptors (Lipinski definition) is 3. The average molecular weight is 223 g/mol. The first-order valence-electron chi connectivity index (χ1n) is 5.72. The van der Waals surface area contributed by atoms with Crippen molar-refractivity contribution in [1.29, 1.82) is 0 Å². The van der Waals surface area contributed by atoms with E-state index in [4.69, 9.17) is 9.47 Å². The topological polar surface area (TPSA) is 30.5 Å². The Morgan fingerprint density at radius 3 is 2.62 bits per heavy atom. The number of methoxy groups -OCH3 is 1. The van der Waals surface area contributed by atoms with Gasteiger partial charge in [-0.25, -0.2) is 0 Å². The molecule has 1 atom stereocenters. The van der Waals surface area contributed by atoms with Crippen LogP contribution in [0, 0.1) is 0 Å². The van der Waals surface area contributed by atoms with Crippen LogP contribution in [0.4, 0.5) is 5.69 Å². The lowest BCUT2D eigenvalue weighted by atomic mass is 10.3. The highest BCUT2D eigenvalue weighted by Crippen LogP contribution is 2.05. The number of anilines is 1. The molecule has 0 amide bonds. The van der Waals surface area contributed by atoms with Gasteiger partial charge in [0, 0.05) is 32.6 Å². The lowest BCUT2D eigenvalue weighted by molar-refractivity contribution is 0.0576. The van der Waals surface area contributed by atoms with E-state index in [1.807, 2.05) is 18.2 Å². The standard InChI is InChI=1S/C13H21NO2/c1-12(16-10-6-9-15-2)11-14-13-7-4-3-5-8-13/h3-5,7-8,12,14H,6,9-11H2,1-2H3. The molecule has 3 heteroatoms. The van der Waals surface area contributed by atoms with Crippen LogP contribution >= 0.6 is 0 Å². The molecule has 16 heavy (non-hydrogen) atoms. The normalized spacial score (nSPS) is 12.4. The summed E-state index contributed by atoms with van der Waals surface area (Å²) in [5, 5.41) is 3.33. The average Bonchev–Trinajstić information content (AvgIpc) is 2.33. The first-order valence-corrected chi connectivity index (χ1v) is 5.72.